The van der Waals surface area contributed by atoms with Crippen LogP contribution >= 0.6 is 0 Å². The van der Waals surface area contributed by atoms with Crippen LogP contribution in [0.25, 0.3) is 0 Å². The Labute approximate surface area is 157 Å². The second-order valence-electron chi connectivity index (χ2n) is 7.23. The van der Waals surface area contributed by atoms with Crippen molar-refractivity contribution in [1.29, 1.82) is 0 Å². The van der Waals surface area contributed by atoms with Crippen LogP contribution in [0.4, 0.5) is 5.95 Å². The van der Waals surface area contributed by atoms with Crippen molar-refractivity contribution < 1.29 is 14.3 Å². The average Bonchev–Trinajstić information content (AvgIpc) is 3.26. The maximum Gasteiger partial charge on any atom is 0.270 e. The summed E-state index contributed by atoms with van der Waals surface area (Å²) in [5.74, 6) is 0.0499. The minimum absolute atomic E-state index is 0.184. The molecule has 2 aromatic rings. The third kappa shape index (κ3) is 2.90. The second-order valence-corrected chi connectivity index (χ2v) is 7.23. The number of likely N-dealkylation sites (N-methyl/N-ethyl adjacent to an activating group) is 1. The first kappa shape index (κ1) is 17.7. The van der Waals surface area contributed by atoms with Gasteiger partial charge >= 0.3 is 0 Å². The molecule has 0 radical (unpaired) electrons. The van der Waals surface area contributed by atoms with E-state index in [-0.39, 0.29) is 11.8 Å². The minimum Gasteiger partial charge on any atom is -0.366 e. The van der Waals surface area contributed by atoms with Gasteiger partial charge in [-0.1, -0.05) is 6.92 Å². The number of nitrogens with zero attached hydrogens (tertiary/aromatic N) is 4. The molecule has 0 fully saturated rings. The molecule has 4 heterocycles. The summed E-state index contributed by atoms with van der Waals surface area (Å²) in [7, 11) is 1.67. The Morgan fingerprint density at radius 3 is 3.04 bits per heavy atom. The van der Waals surface area contributed by atoms with Crippen molar-refractivity contribution >= 4 is 17.8 Å². The van der Waals surface area contributed by atoms with Gasteiger partial charge in [-0.05, 0) is 31.4 Å². The average molecular weight is 369 g/mol. The van der Waals surface area contributed by atoms with Gasteiger partial charge in [0.1, 0.15) is 11.7 Å². The number of hydrogen-bond donors (Lipinski definition) is 1. The van der Waals surface area contributed by atoms with Crippen molar-refractivity contribution in [3.63, 3.8) is 0 Å². The zero-order valence-electron chi connectivity index (χ0n) is 15.7. The first-order valence-corrected chi connectivity index (χ1v) is 9.16. The lowest BCUT2D eigenvalue weighted by molar-refractivity contribution is -0.120. The number of imidazole rings is 1. The number of pyridine rings is 1. The number of carbonyl (C=O) groups is 2. The van der Waals surface area contributed by atoms with E-state index in [2.05, 4.69) is 22.2 Å². The standard InChI is InChI=1S/C19H23N5O3/c1-4-19(2)13-9-15(21-10-12(13)11-27-19)16(25)22-14-5-7-24-8-6-20-18(24)23(3)17(14)26/h6,8-10,14H,4-5,7,11H2,1-3H3,(H,22,25)/t14?,19-/m1/s1. The van der Waals surface area contributed by atoms with E-state index in [1.807, 2.05) is 17.7 Å². The molecular formula is C19H23N5O3. The molecule has 0 spiro atoms. The highest BCUT2D eigenvalue weighted by Gasteiger charge is 2.35. The topological polar surface area (TPSA) is 89.3 Å². The van der Waals surface area contributed by atoms with Gasteiger partial charge in [0.2, 0.25) is 5.95 Å². The molecule has 0 saturated carbocycles. The molecule has 2 atom stereocenters. The molecule has 1 N–H and O–H groups in total. The molecule has 2 amide bonds. The summed E-state index contributed by atoms with van der Waals surface area (Å²) >= 11 is 0. The third-order valence-electron chi connectivity index (χ3n) is 5.60. The van der Waals surface area contributed by atoms with Crippen molar-refractivity contribution in [2.45, 2.75) is 51.5 Å². The van der Waals surface area contributed by atoms with E-state index >= 15 is 0 Å². The van der Waals surface area contributed by atoms with Gasteiger partial charge in [0.25, 0.3) is 11.8 Å². The summed E-state index contributed by atoms with van der Waals surface area (Å²) in [4.78, 5) is 35.5. The van der Waals surface area contributed by atoms with Crippen molar-refractivity contribution in [2.75, 3.05) is 11.9 Å². The number of fused-ring (bicyclic) bond motifs is 2. The fourth-order valence-corrected chi connectivity index (χ4v) is 3.69. The molecule has 8 heteroatoms. The van der Waals surface area contributed by atoms with Gasteiger partial charge in [-0.3, -0.25) is 19.5 Å². The number of aryl methyl sites for hydroxylation is 1. The molecule has 2 aromatic heterocycles. The molecule has 0 bridgehead atoms. The van der Waals surface area contributed by atoms with Crippen molar-refractivity contribution in [3.8, 4) is 0 Å². The first-order chi connectivity index (χ1) is 12.9. The van der Waals surface area contributed by atoms with Gasteiger partial charge in [-0.15, -0.1) is 0 Å². The van der Waals surface area contributed by atoms with Gasteiger partial charge in [0.05, 0.1) is 12.2 Å². The number of hydrogen-bond acceptors (Lipinski definition) is 5. The molecule has 8 nitrogen and oxygen atoms in total. The normalized spacial score (nSPS) is 24.3. The molecule has 0 aliphatic carbocycles. The number of amides is 2. The Morgan fingerprint density at radius 2 is 2.26 bits per heavy atom. The number of carbonyl (C=O) groups excluding carboxylic acids is 2. The Hall–Kier alpha value is -2.74. The summed E-state index contributed by atoms with van der Waals surface area (Å²) in [6.07, 6.45) is 6.50. The predicted molar refractivity (Wildman–Crippen MR) is 98.2 cm³/mol. The smallest absolute Gasteiger partial charge is 0.270 e. The van der Waals surface area contributed by atoms with Crippen LogP contribution in [0.15, 0.2) is 24.7 Å². The van der Waals surface area contributed by atoms with Crippen molar-refractivity contribution in [3.05, 3.63) is 41.5 Å². The van der Waals surface area contributed by atoms with E-state index in [4.69, 9.17) is 4.74 Å². The van der Waals surface area contributed by atoms with Crippen LogP contribution in [0, 0.1) is 0 Å². The van der Waals surface area contributed by atoms with Crippen LogP contribution < -0.4 is 10.2 Å². The molecule has 27 heavy (non-hydrogen) atoms. The summed E-state index contributed by atoms with van der Waals surface area (Å²) < 4.78 is 7.78. The largest absolute Gasteiger partial charge is 0.366 e. The zero-order chi connectivity index (χ0) is 19.2. The zero-order valence-corrected chi connectivity index (χ0v) is 15.7. The molecule has 0 aromatic carbocycles. The first-order valence-electron chi connectivity index (χ1n) is 9.16. The Balaban J connectivity index is 1.54. The fraction of sp³-hybridized carbons (Fsp3) is 0.474. The molecule has 2 aliphatic rings. The Bertz CT molecular complexity index is 909. The van der Waals surface area contributed by atoms with Crippen LogP contribution in [0.3, 0.4) is 0 Å². The highest BCUT2D eigenvalue weighted by Crippen LogP contribution is 2.38. The molecule has 4 rings (SSSR count). The van der Waals surface area contributed by atoms with Crippen molar-refractivity contribution in [2.24, 2.45) is 0 Å². The maximum atomic E-state index is 12.8. The van der Waals surface area contributed by atoms with Crippen LogP contribution in [0.1, 0.15) is 48.3 Å². The van der Waals surface area contributed by atoms with E-state index in [1.54, 1.807) is 25.5 Å². The number of ether oxygens (including phenoxy) is 1. The highest BCUT2D eigenvalue weighted by molar-refractivity contribution is 6.01. The molecule has 1 unspecified atom stereocenters. The lowest BCUT2D eigenvalue weighted by Gasteiger charge is -2.23. The van der Waals surface area contributed by atoms with Gasteiger partial charge < -0.3 is 14.6 Å². The lowest BCUT2D eigenvalue weighted by atomic mass is 9.92. The number of aromatic nitrogens is 3. The van der Waals surface area contributed by atoms with Crippen LogP contribution in [-0.2, 0) is 28.3 Å². The number of anilines is 1. The summed E-state index contributed by atoms with van der Waals surface area (Å²) in [6, 6.07) is 1.17. The third-order valence-corrected chi connectivity index (χ3v) is 5.60. The molecule has 0 saturated heterocycles. The Morgan fingerprint density at radius 1 is 1.44 bits per heavy atom. The molecule has 2 aliphatic heterocycles. The monoisotopic (exact) mass is 369 g/mol. The molecular weight excluding hydrogens is 346 g/mol. The summed E-state index contributed by atoms with van der Waals surface area (Å²) in [5, 5.41) is 2.84. The van der Waals surface area contributed by atoms with Crippen LogP contribution in [0.2, 0.25) is 0 Å². The Kier molecular flexibility index (Phi) is 4.22. The lowest BCUT2D eigenvalue weighted by Crippen LogP contribution is -2.47. The SMILES string of the molecule is CC[C@@]1(C)OCc2cnc(C(=O)NC3CCn4ccnc4N(C)C3=O)cc21. The van der Waals surface area contributed by atoms with Gasteiger partial charge in [0.15, 0.2) is 0 Å². The van der Waals surface area contributed by atoms with E-state index in [0.717, 1.165) is 17.5 Å². The highest BCUT2D eigenvalue weighted by atomic mass is 16.5. The van der Waals surface area contributed by atoms with Gasteiger partial charge in [-0.25, -0.2) is 4.98 Å². The van der Waals surface area contributed by atoms with Gasteiger partial charge in [0, 0.05) is 37.7 Å². The van der Waals surface area contributed by atoms with Crippen LogP contribution in [0.5, 0.6) is 0 Å². The molecule has 142 valence electrons. The van der Waals surface area contributed by atoms with Gasteiger partial charge in [-0.2, -0.15) is 0 Å². The quantitative estimate of drug-likeness (QED) is 0.888. The van der Waals surface area contributed by atoms with E-state index in [9.17, 15) is 9.59 Å². The van der Waals surface area contributed by atoms with Crippen molar-refractivity contribution in [1.82, 2.24) is 19.9 Å². The number of nitrogens with one attached hydrogen (secondary N) is 1. The summed E-state index contributed by atoms with van der Waals surface area (Å²) in [5.41, 5.74) is 1.90. The fourth-order valence-electron chi connectivity index (χ4n) is 3.69. The van der Waals surface area contributed by atoms with E-state index < -0.39 is 11.6 Å². The number of rotatable bonds is 3. The predicted octanol–water partition coefficient (Wildman–Crippen LogP) is 1.60. The van der Waals surface area contributed by atoms with E-state index in [1.165, 1.54) is 4.90 Å². The second kappa shape index (κ2) is 6.45. The van der Waals surface area contributed by atoms with Crippen LogP contribution in [-0.4, -0.2) is 39.4 Å². The minimum atomic E-state index is -0.618. The summed E-state index contributed by atoms with van der Waals surface area (Å²) in [6.45, 7) is 5.19. The maximum absolute atomic E-state index is 12.8. The van der Waals surface area contributed by atoms with E-state index in [0.29, 0.717) is 31.2 Å².